The first-order valence-corrected chi connectivity index (χ1v) is 11.2. The van der Waals surface area contributed by atoms with Crippen LogP contribution in [-0.2, 0) is 0 Å². The predicted octanol–water partition coefficient (Wildman–Crippen LogP) is 2.93. The Bertz CT molecular complexity index is 1230. The summed E-state index contributed by atoms with van der Waals surface area (Å²) >= 11 is 0. The van der Waals surface area contributed by atoms with Gasteiger partial charge in [0.25, 0.3) is 5.91 Å². The van der Waals surface area contributed by atoms with Gasteiger partial charge in [-0.05, 0) is 38.7 Å². The summed E-state index contributed by atoms with van der Waals surface area (Å²) in [4.78, 5) is 21.7. The van der Waals surface area contributed by atoms with Crippen LogP contribution in [0.3, 0.4) is 0 Å². The van der Waals surface area contributed by atoms with Crippen molar-refractivity contribution in [1.29, 1.82) is 0 Å². The van der Waals surface area contributed by atoms with Crippen molar-refractivity contribution in [2.24, 2.45) is 5.73 Å². The largest absolute Gasteiger partial charge is 0.508 e. The highest BCUT2D eigenvalue weighted by atomic mass is 19.2. The Morgan fingerprint density at radius 2 is 2.00 bits per heavy atom. The van der Waals surface area contributed by atoms with Crippen LogP contribution in [0.1, 0.15) is 53.3 Å². The molecule has 2 fully saturated rings. The van der Waals surface area contributed by atoms with Gasteiger partial charge in [0.2, 0.25) is 0 Å². The van der Waals surface area contributed by atoms with E-state index in [1.165, 1.54) is 4.90 Å². The number of nitrogens with zero attached hydrogens (tertiary/aromatic N) is 5. The summed E-state index contributed by atoms with van der Waals surface area (Å²) in [6.07, 6.45) is 5.09. The molecule has 0 bridgehead atoms. The molecule has 5 rings (SSSR count). The number of phenolic OH excluding ortho intramolecular Hbond substituents is 1. The number of carbonyl (C=O) groups is 1. The van der Waals surface area contributed by atoms with Gasteiger partial charge in [-0.15, -0.1) is 0 Å². The minimum atomic E-state index is -1.26. The van der Waals surface area contributed by atoms with Crippen LogP contribution in [0.25, 0.3) is 5.65 Å². The van der Waals surface area contributed by atoms with Crippen molar-refractivity contribution < 1.29 is 18.7 Å². The molecule has 8 nitrogen and oxygen atoms in total. The molecule has 1 amide bonds. The molecule has 0 radical (unpaired) electrons. The smallest absolute Gasteiger partial charge is 0.257 e. The summed E-state index contributed by atoms with van der Waals surface area (Å²) in [5.74, 6) is -2.81. The van der Waals surface area contributed by atoms with Crippen LogP contribution < -0.4 is 10.6 Å². The fourth-order valence-corrected chi connectivity index (χ4v) is 4.85. The minimum absolute atomic E-state index is 0.132. The van der Waals surface area contributed by atoms with Crippen LogP contribution in [0.2, 0.25) is 0 Å². The third-order valence-corrected chi connectivity index (χ3v) is 6.50. The van der Waals surface area contributed by atoms with Gasteiger partial charge in [0.1, 0.15) is 11.6 Å². The molecular weight excluding hydrogens is 430 g/mol. The summed E-state index contributed by atoms with van der Waals surface area (Å²) in [5, 5.41) is 14.4. The second kappa shape index (κ2) is 8.26. The van der Waals surface area contributed by atoms with E-state index in [4.69, 9.17) is 10.7 Å². The lowest BCUT2D eigenvalue weighted by Gasteiger charge is -2.34. The summed E-state index contributed by atoms with van der Waals surface area (Å²) in [6.45, 7) is 3.96. The van der Waals surface area contributed by atoms with Crippen molar-refractivity contribution in [1.82, 2.24) is 19.5 Å². The van der Waals surface area contributed by atoms with Gasteiger partial charge < -0.3 is 20.6 Å². The third-order valence-electron chi connectivity index (χ3n) is 6.50. The van der Waals surface area contributed by atoms with Gasteiger partial charge >= 0.3 is 0 Å². The first-order chi connectivity index (χ1) is 15.8. The van der Waals surface area contributed by atoms with Gasteiger partial charge in [-0.3, -0.25) is 4.79 Å². The fraction of sp³-hybridized carbons (Fsp3) is 0.435. The molecule has 0 spiro atoms. The van der Waals surface area contributed by atoms with Gasteiger partial charge in [-0.2, -0.15) is 5.10 Å². The maximum absolute atomic E-state index is 14.4. The molecule has 3 aromatic rings. The average molecular weight is 456 g/mol. The molecule has 2 aliphatic rings. The molecule has 2 saturated heterocycles. The van der Waals surface area contributed by atoms with Gasteiger partial charge in [-0.25, -0.2) is 18.3 Å². The van der Waals surface area contributed by atoms with Crippen LogP contribution in [0.15, 0.2) is 24.4 Å². The van der Waals surface area contributed by atoms with Crippen LogP contribution in [0, 0.1) is 18.6 Å². The second-order valence-corrected chi connectivity index (χ2v) is 8.91. The van der Waals surface area contributed by atoms with Crippen molar-refractivity contribution >= 4 is 17.4 Å². The van der Waals surface area contributed by atoms with E-state index < -0.39 is 34.9 Å². The lowest BCUT2D eigenvalue weighted by Crippen LogP contribution is -2.39. The van der Waals surface area contributed by atoms with Crippen LogP contribution in [0.4, 0.5) is 14.6 Å². The van der Waals surface area contributed by atoms with Crippen molar-refractivity contribution in [2.75, 3.05) is 24.5 Å². The number of benzene rings is 1. The van der Waals surface area contributed by atoms with E-state index in [1.807, 2.05) is 19.2 Å². The Kier molecular flexibility index (Phi) is 5.40. The number of hydrogen-bond acceptors (Lipinski definition) is 6. The minimum Gasteiger partial charge on any atom is -0.508 e. The van der Waals surface area contributed by atoms with Crippen molar-refractivity contribution in [2.45, 2.75) is 44.7 Å². The summed E-state index contributed by atoms with van der Waals surface area (Å²) in [5.41, 5.74) is 7.84. The first kappa shape index (κ1) is 21.6. The van der Waals surface area contributed by atoms with Crippen molar-refractivity contribution in [3.8, 4) is 5.75 Å². The molecule has 3 N–H and O–H groups in total. The SMILES string of the molecule is Cc1cn2nc(C3CCCCN3C(=O)c3cc(O)cc(F)c3F)cc2nc1N1CCC(N)C1. The molecule has 4 heterocycles. The topological polar surface area (TPSA) is 100.0 Å². The summed E-state index contributed by atoms with van der Waals surface area (Å²) in [6, 6.07) is 3.19. The Balaban J connectivity index is 1.49. The van der Waals surface area contributed by atoms with Crippen molar-refractivity contribution in [3.05, 3.63) is 52.9 Å². The predicted molar refractivity (Wildman–Crippen MR) is 118 cm³/mol. The number of hydrogen-bond donors (Lipinski definition) is 2. The number of anilines is 1. The molecule has 2 atom stereocenters. The van der Waals surface area contributed by atoms with Crippen LogP contribution >= 0.6 is 0 Å². The zero-order chi connectivity index (χ0) is 23.3. The molecular formula is C23H26F2N6O2. The van der Waals surface area contributed by atoms with Gasteiger partial charge in [0.05, 0.1) is 17.3 Å². The van der Waals surface area contributed by atoms with E-state index in [-0.39, 0.29) is 6.04 Å². The number of nitrogens with two attached hydrogens (primary N) is 1. The van der Waals surface area contributed by atoms with E-state index in [9.17, 15) is 18.7 Å². The Labute approximate surface area is 189 Å². The monoisotopic (exact) mass is 456 g/mol. The third kappa shape index (κ3) is 3.88. The van der Waals surface area contributed by atoms with Gasteiger partial charge in [-0.1, -0.05) is 0 Å². The van der Waals surface area contributed by atoms with Gasteiger partial charge in [0.15, 0.2) is 17.3 Å². The Morgan fingerprint density at radius 3 is 2.76 bits per heavy atom. The van der Waals surface area contributed by atoms with Crippen LogP contribution in [0.5, 0.6) is 5.75 Å². The molecule has 174 valence electrons. The standard InChI is InChI=1S/C23H26F2N6O2/c1-13-11-31-20(27-22(13)29-7-5-14(26)12-29)10-18(28-31)19-4-2-3-6-30(19)23(33)16-8-15(32)9-17(24)21(16)25/h8-11,14,19,32H,2-7,12,26H2,1H3. The highest BCUT2D eigenvalue weighted by molar-refractivity contribution is 5.95. The normalized spacial score (nSPS) is 21.2. The molecule has 0 aliphatic carbocycles. The van der Waals surface area contributed by atoms with Gasteiger partial charge in [0, 0.05) is 49.6 Å². The molecule has 2 unspecified atom stereocenters. The number of fused-ring (bicyclic) bond motifs is 1. The Morgan fingerprint density at radius 1 is 1.18 bits per heavy atom. The lowest BCUT2D eigenvalue weighted by molar-refractivity contribution is 0.0599. The number of piperidine rings is 1. The van der Waals surface area contributed by atoms with E-state index in [1.54, 1.807) is 4.52 Å². The molecule has 2 aliphatic heterocycles. The number of halogens is 2. The molecule has 1 aromatic carbocycles. The maximum atomic E-state index is 14.4. The number of phenols is 1. The van der Waals surface area contributed by atoms with Crippen LogP contribution in [-0.4, -0.2) is 56.2 Å². The summed E-state index contributed by atoms with van der Waals surface area (Å²) < 4.78 is 29.9. The fourth-order valence-electron chi connectivity index (χ4n) is 4.85. The average Bonchev–Trinajstić information content (AvgIpc) is 3.40. The zero-order valence-corrected chi connectivity index (χ0v) is 18.3. The van der Waals surface area contributed by atoms with E-state index in [2.05, 4.69) is 10.00 Å². The highest BCUT2D eigenvalue weighted by Gasteiger charge is 2.33. The van der Waals surface area contributed by atoms with E-state index in [0.29, 0.717) is 30.4 Å². The number of rotatable bonds is 3. The molecule has 33 heavy (non-hydrogen) atoms. The Hall–Kier alpha value is -3.27. The molecule has 0 saturated carbocycles. The van der Waals surface area contributed by atoms with Crippen molar-refractivity contribution in [3.63, 3.8) is 0 Å². The van der Waals surface area contributed by atoms with E-state index >= 15 is 0 Å². The zero-order valence-electron chi connectivity index (χ0n) is 18.3. The number of amides is 1. The number of aryl methyl sites for hydroxylation is 1. The molecule has 2 aromatic heterocycles. The van der Waals surface area contributed by atoms with E-state index in [0.717, 1.165) is 49.8 Å². The number of aromatic nitrogens is 3. The summed E-state index contributed by atoms with van der Waals surface area (Å²) in [7, 11) is 0. The first-order valence-electron chi connectivity index (χ1n) is 11.2. The second-order valence-electron chi connectivity index (χ2n) is 8.91. The number of carbonyl (C=O) groups excluding carboxylic acids is 1. The quantitative estimate of drug-likeness (QED) is 0.629. The maximum Gasteiger partial charge on any atom is 0.257 e. The number of aromatic hydroxyl groups is 1. The highest BCUT2D eigenvalue weighted by Crippen LogP contribution is 2.34. The number of likely N-dealkylation sites (tertiary alicyclic amines) is 1. The lowest BCUT2D eigenvalue weighted by atomic mass is 9.98. The molecule has 10 heteroatoms.